The van der Waals surface area contributed by atoms with Crippen molar-refractivity contribution in [3.8, 4) is 0 Å². The van der Waals surface area contributed by atoms with Gasteiger partial charge in [-0.1, -0.05) is 25.6 Å². The van der Waals surface area contributed by atoms with Gasteiger partial charge in [0.1, 0.15) is 5.52 Å². The van der Waals surface area contributed by atoms with Crippen LogP contribution >= 0.6 is 11.8 Å². The summed E-state index contributed by atoms with van der Waals surface area (Å²) in [6.07, 6.45) is 1.34. The molecule has 0 unspecified atom stereocenters. The third kappa shape index (κ3) is 3.16. The zero-order chi connectivity index (χ0) is 13.5. The largest absolute Gasteiger partial charge is 0.450 e. The smallest absolute Gasteiger partial charge is 0.412 e. The van der Waals surface area contributed by atoms with E-state index in [0.29, 0.717) is 28.7 Å². The van der Waals surface area contributed by atoms with Crippen molar-refractivity contribution in [1.29, 1.82) is 0 Å². The molecule has 2 heterocycles. The lowest BCUT2D eigenvalue weighted by atomic mass is 10.4. The van der Waals surface area contributed by atoms with Crippen molar-refractivity contribution in [2.75, 3.05) is 18.2 Å². The van der Waals surface area contributed by atoms with Crippen LogP contribution in [-0.4, -0.2) is 39.1 Å². The van der Waals surface area contributed by atoms with Gasteiger partial charge in [-0.15, -0.1) is 0 Å². The fraction of sp³-hybridized carbons (Fsp3) is 0.500. The molecule has 0 bridgehead atoms. The zero-order valence-corrected chi connectivity index (χ0v) is 11.6. The molecular formula is C10H17N5O2S. The summed E-state index contributed by atoms with van der Waals surface area (Å²) >= 11 is 1.40. The van der Waals surface area contributed by atoms with Crippen LogP contribution in [-0.2, 0) is 4.74 Å². The SMILES string of the molecule is CC.CCOC(=O)Nc1nc(SC)nc2[nH][nH]c12. The molecule has 3 N–H and O–H groups in total. The topological polar surface area (TPSA) is 95.7 Å². The second-order valence-electron chi connectivity index (χ2n) is 2.88. The van der Waals surface area contributed by atoms with Crippen molar-refractivity contribution < 1.29 is 9.53 Å². The van der Waals surface area contributed by atoms with Crippen molar-refractivity contribution in [2.24, 2.45) is 0 Å². The number of thioether (sulfide) groups is 1. The van der Waals surface area contributed by atoms with Crippen LogP contribution < -0.4 is 5.32 Å². The van der Waals surface area contributed by atoms with E-state index in [2.05, 4.69) is 25.5 Å². The van der Waals surface area contributed by atoms with E-state index in [0.717, 1.165) is 0 Å². The summed E-state index contributed by atoms with van der Waals surface area (Å²) < 4.78 is 4.77. The molecule has 0 fully saturated rings. The molecule has 2 aromatic rings. The number of hydrogen-bond donors (Lipinski definition) is 3. The van der Waals surface area contributed by atoms with Gasteiger partial charge in [0, 0.05) is 0 Å². The number of H-pyrrole nitrogens is 2. The van der Waals surface area contributed by atoms with Crippen LogP contribution in [0.15, 0.2) is 5.16 Å². The van der Waals surface area contributed by atoms with Crippen LogP contribution in [0.1, 0.15) is 20.8 Å². The Morgan fingerprint density at radius 1 is 1.39 bits per heavy atom. The van der Waals surface area contributed by atoms with Gasteiger partial charge in [-0.25, -0.2) is 14.8 Å². The molecular weight excluding hydrogens is 254 g/mol. The molecule has 0 saturated carbocycles. The highest BCUT2D eigenvalue weighted by Gasteiger charge is 2.13. The average molecular weight is 271 g/mol. The molecule has 0 radical (unpaired) electrons. The number of nitrogens with zero attached hydrogens (tertiary/aromatic N) is 2. The predicted molar refractivity (Wildman–Crippen MR) is 72.0 cm³/mol. The number of rotatable bonds is 3. The molecule has 0 atom stereocenters. The number of amides is 1. The molecule has 2 rings (SSSR count). The molecule has 7 nitrogen and oxygen atoms in total. The lowest BCUT2D eigenvalue weighted by molar-refractivity contribution is 0.168. The standard InChI is InChI=1S/C8H11N5O2S.C2H6/c1-3-15-8(14)11-5-4-6(13-12-4)10-7(9-5)16-2;1-2/h12H,3H2,1-2H3,(H2,9,10,11,13,14);1-2H3. The molecule has 100 valence electrons. The van der Waals surface area contributed by atoms with E-state index < -0.39 is 6.09 Å². The van der Waals surface area contributed by atoms with Gasteiger partial charge >= 0.3 is 6.09 Å². The third-order valence-corrected chi connectivity index (χ3v) is 2.42. The highest BCUT2D eigenvalue weighted by Crippen LogP contribution is 2.21. The van der Waals surface area contributed by atoms with E-state index in [-0.39, 0.29) is 0 Å². The Kier molecular flexibility index (Phi) is 5.50. The van der Waals surface area contributed by atoms with Crippen LogP contribution in [0.4, 0.5) is 10.6 Å². The fourth-order valence-electron chi connectivity index (χ4n) is 1.15. The maximum absolute atomic E-state index is 11.3. The lowest BCUT2D eigenvalue weighted by Gasteiger charge is -2.10. The van der Waals surface area contributed by atoms with Crippen molar-refractivity contribution in [1.82, 2.24) is 20.2 Å². The van der Waals surface area contributed by atoms with Crippen molar-refractivity contribution in [3.05, 3.63) is 0 Å². The first-order valence-electron chi connectivity index (χ1n) is 5.66. The Balaban J connectivity index is 0.000000771. The Morgan fingerprint density at radius 2 is 2.11 bits per heavy atom. The monoisotopic (exact) mass is 271 g/mol. The number of fused-ring (bicyclic) bond motifs is 1. The predicted octanol–water partition coefficient (Wildman–Crippen LogP) is 2.60. The summed E-state index contributed by atoms with van der Waals surface area (Å²) in [7, 11) is 0. The summed E-state index contributed by atoms with van der Waals surface area (Å²) in [5, 5.41) is 8.74. The van der Waals surface area contributed by atoms with Gasteiger partial charge in [-0.05, 0) is 13.2 Å². The molecule has 0 saturated heterocycles. The van der Waals surface area contributed by atoms with E-state index in [1.807, 2.05) is 20.1 Å². The van der Waals surface area contributed by atoms with Crippen molar-refractivity contribution >= 4 is 34.8 Å². The molecule has 1 amide bonds. The number of hydrogen-bond acceptors (Lipinski definition) is 5. The second-order valence-corrected chi connectivity index (χ2v) is 3.65. The highest BCUT2D eigenvalue weighted by molar-refractivity contribution is 7.98. The minimum absolute atomic E-state index is 0.320. The van der Waals surface area contributed by atoms with E-state index in [9.17, 15) is 4.79 Å². The molecule has 2 aromatic heterocycles. The molecule has 18 heavy (non-hydrogen) atoms. The van der Waals surface area contributed by atoms with Crippen LogP contribution in [0.3, 0.4) is 0 Å². The number of aromatic nitrogens is 4. The number of nitrogens with one attached hydrogen (secondary N) is 3. The first-order valence-corrected chi connectivity index (χ1v) is 6.89. The first kappa shape index (κ1) is 14.4. The van der Waals surface area contributed by atoms with Gasteiger partial charge in [-0.3, -0.25) is 15.5 Å². The Bertz CT molecular complexity index is 507. The van der Waals surface area contributed by atoms with Gasteiger partial charge in [0.2, 0.25) is 0 Å². The third-order valence-electron chi connectivity index (χ3n) is 1.87. The summed E-state index contributed by atoms with van der Waals surface area (Å²) in [5.41, 5.74) is 1.34. The number of carbonyl (C=O) groups excluding carboxylic acids is 1. The first-order chi connectivity index (χ1) is 8.74. The molecule has 0 aliphatic heterocycles. The fourth-order valence-corrected chi connectivity index (χ4v) is 1.52. The Morgan fingerprint density at radius 3 is 2.61 bits per heavy atom. The van der Waals surface area contributed by atoms with E-state index in [4.69, 9.17) is 4.74 Å². The summed E-state index contributed by atoms with van der Waals surface area (Å²) in [6, 6.07) is 0. The van der Waals surface area contributed by atoms with Gasteiger partial charge in [0.25, 0.3) is 0 Å². The summed E-state index contributed by atoms with van der Waals surface area (Å²) in [4.78, 5) is 19.6. The molecule has 8 heteroatoms. The zero-order valence-electron chi connectivity index (χ0n) is 10.8. The van der Waals surface area contributed by atoms with Crippen LogP contribution in [0.5, 0.6) is 0 Å². The van der Waals surface area contributed by atoms with Crippen LogP contribution in [0, 0.1) is 0 Å². The van der Waals surface area contributed by atoms with Crippen LogP contribution in [0.25, 0.3) is 11.2 Å². The minimum Gasteiger partial charge on any atom is -0.450 e. The van der Waals surface area contributed by atoms with Gasteiger partial charge in [0.05, 0.1) is 6.61 Å². The van der Waals surface area contributed by atoms with Gasteiger partial charge < -0.3 is 4.74 Å². The van der Waals surface area contributed by atoms with Crippen molar-refractivity contribution in [2.45, 2.75) is 25.9 Å². The molecule has 0 spiro atoms. The summed E-state index contributed by atoms with van der Waals surface area (Å²) in [6.45, 7) is 6.06. The van der Waals surface area contributed by atoms with Gasteiger partial charge in [-0.2, -0.15) is 0 Å². The Labute approximate surface area is 109 Å². The molecule has 0 aliphatic carbocycles. The normalized spacial score (nSPS) is 9.78. The molecule has 0 aromatic carbocycles. The van der Waals surface area contributed by atoms with Crippen molar-refractivity contribution in [3.63, 3.8) is 0 Å². The average Bonchev–Trinajstić information content (AvgIpc) is 2.34. The number of aromatic amines is 2. The minimum atomic E-state index is -0.524. The number of anilines is 1. The summed E-state index contributed by atoms with van der Waals surface area (Å²) in [5.74, 6) is 0.423. The van der Waals surface area contributed by atoms with E-state index >= 15 is 0 Å². The maximum Gasteiger partial charge on any atom is 0.412 e. The van der Waals surface area contributed by atoms with Crippen LogP contribution in [0.2, 0.25) is 0 Å². The second kappa shape index (κ2) is 6.90. The van der Waals surface area contributed by atoms with E-state index in [1.165, 1.54) is 11.8 Å². The Hall–Kier alpha value is -1.70. The maximum atomic E-state index is 11.3. The quantitative estimate of drug-likeness (QED) is 0.589. The van der Waals surface area contributed by atoms with Gasteiger partial charge in [0.15, 0.2) is 16.6 Å². The molecule has 0 aliphatic rings. The highest BCUT2D eigenvalue weighted by atomic mass is 32.2. The van der Waals surface area contributed by atoms with E-state index in [1.54, 1.807) is 6.92 Å². The lowest BCUT2D eigenvalue weighted by Crippen LogP contribution is -2.16. The number of carbonyl (C=O) groups is 1. The number of ether oxygens (including phenoxy) is 1.